The summed E-state index contributed by atoms with van der Waals surface area (Å²) in [6, 6.07) is 18.6. The molecule has 0 bridgehead atoms. The Bertz CT molecular complexity index is 1430. The summed E-state index contributed by atoms with van der Waals surface area (Å²) < 4.78 is 30.5. The van der Waals surface area contributed by atoms with E-state index in [4.69, 9.17) is 19.5 Å². The number of hydrogen-bond acceptors (Lipinski definition) is 6. The molecule has 186 valence electrons. The first-order chi connectivity index (χ1) is 18.0. The average Bonchev–Trinajstić information content (AvgIpc) is 3.38. The lowest BCUT2D eigenvalue weighted by molar-refractivity contribution is -0.148. The molecule has 0 aliphatic carbocycles. The summed E-state index contributed by atoms with van der Waals surface area (Å²) in [6.45, 7) is 0.0935. The van der Waals surface area contributed by atoms with Gasteiger partial charge in [-0.2, -0.15) is 5.26 Å². The maximum atomic E-state index is 14.1. The number of aliphatic imine (C=N–C) groups is 1. The minimum atomic E-state index is -0.965. The van der Waals surface area contributed by atoms with Crippen molar-refractivity contribution in [3.8, 4) is 17.6 Å². The fourth-order valence-corrected chi connectivity index (χ4v) is 4.44. The minimum Gasteiger partial charge on any atom is -0.460 e. The van der Waals surface area contributed by atoms with Gasteiger partial charge in [0.25, 0.3) is 0 Å². The molecule has 2 unspecified atom stereocenters. The number of esters is 1. The number of nitrogens with one attached hydrogen (secondary N) is 1. The molecule has 2 aliphatic heterocycles. The van der Waals surface area contributed by atoms with E-state index in [0.717, 1.165) is 5.56 Å². The van der Waals surface area contributed by atoms with E-state index in [0.29, 0.717) is 46.7 Å². The topological polar surface area (TPSA) is 110 Å². The Labute approximate surface area is 212 Å². The van der Waals surface area contributed by atoms with Crippen LogP contribution in [0.1, 0.15) is 34.7 Å². The quantitative estimate of drug-likeness (QED) is 0.475. The van der Waals surface area contributed by atoms with Crippen LogP contribution in [0.2, 0.25) is 0 Å². The Kier molecular flexibility index (Phi) is 6.81. The van der Waals surface area contributed by atoms with Crippen LogP contribution in [-0.4, -0.2) is 24.5 Å². The first kappa shape index (κ1) is 24.0. The van der Waals surface area contributed by atoms with Gasteiger partial charge < -0.3 is 19.5 Å². The van der Waals surface area contributed by atoms with Crippen LogP contribution in [0.3, 0.4) is 0 Å². The Morgan fingerprint density at radius 3 is 2.73 bits per heavy atom. The first-order valence-electron chi connectivity index (χ1n) is 11.7. The molecule has 0 fully saturated rings. The van der Waals surface area contributed by atoms with E-state index in [2.05, 4.69) is 16.4 Å². The van der Waals surface area contributed by atoms with Crippen LogP contribution in [0.25, 0.3) is 0 Å². The van der Waals surface area contributed by atoms with E-state index >= 15 is 0 Å². The van der Waals surface area contributed by atoms with Crippen LogP contribution in [0.15, 0.2) is 71.7 Å². The zero-order valence-electron chi connectivity index (χ0n) is 19.6. The van der Waals surface area contributed by atoms with Gasteiger partial charge in [-0.15, -0.1) is 0 Å². The summed E-state index contributed by atoms with van der Waals surface area (Å²) in [5, 5.41) is 11.8. The zero-order chi connectivity index (χ0) is 25.8. The summed E-state index contributed by atoms with van der Waals surface area (Å²) in [5.41, 5.74) is 2.78. The number of nitriles is 1. The molecule has 2 atom stereocenters. The molecule has 0 radical (unpaired) electrons. The number of urea groups is 1. The van der Waals surface area contributed by atoms with E-state index in [9.17, 15) is 14.0 Å². The molecule has 3 aromatic carbocycles. The molecule has 9 heteroatoms. The number of benzene rings is 3. The molecule has 0 aromatic heterocycles. The average molecular weight is 499 g/mol. The Balaban J connectivity index is 1.40. The molecule has 2 heterocycles. The minimum absolute atomic E-state index is 0.0654. The van der Waals surface area contributed by atoms with Gasteiger partial charge in [0, 0.05) is 5.71 Å². The molecule has 1 N–H and O–H groups in total. The van der Waals surface area contributed by atoms with Crippen molar-refractivity contribution in [2.45, 2.75) is 25.5 Å². The molecule has 0 spiro atoms. The summed E-state index contributed by atoms with van der Waals surface area (Å²) in [6.07, 6.45) is 0.773. The third-order valence-electron chi connectivity index (χ3n) is 6.22. The van der Waals surface area contributed by atoms with Gasteiger partial charge in [0.2, 0.25) is 6.79 Å². The number of carbonyl (C=O) groups excluding carboxylic acids is 2. The van der Waals surface area contributed by atoms with Crippen molar-refractivity contribution in [3.63, 3.8) is 0 Å². The smallest absolute Gasteiger partial charge is 0.341 e. The summed E-state index contributed by atoms with van der Waals surface area (Å²) in [7, 11) is 0. The van der Waals surface area contributed by atoms with Gasteiger partial charge in [0.05, 0.1) is 17.7 Å². The van der Waals surface area contributed by atoms with Crippen LogP contribution >= 0.6 is 0 Å². The number of halogens is 1. The van der Waals surface area contributed by atoms with Crippen LogP contribution in [-0.2, 0) is 22.6 Å². The highest BCUT2D eigenvalue weighted by Gasteiger charge is 2.39. The molecule has 2 aliphatic rings. The van der Waals surface area contributed by atoms with E-state index in [1.165, 1.54) is 18.2 Å². The number of hydrogen-bond donors (Lipinski definition) is 1. The summed E-state index contributed by atoms with van der Waals surface area (Å²) in [4.78, 5) is 30.1. The number of rotatable bonds is 7. The van der Waals surface area contributed by atoms with Crippen molar-refractivity contribution in [1.82, 2.24) is 5.32 Å². The summed E-state index contributed by atoms with van der Waals surface area (Å²) in [5.74, 6) is -0.773. The molecule has 5 rings (SSSR count). The predicted molar refractivity (Wildman–Crippen MR) is 130 cm³/mol. The second-order valence-electron chi connectivity index (χ2n) is 8.67. The lowest BCUT2D eigenvalue weighted by Gasteiger charge is -2.31. The van der Waals surface area contributed by atoms with Crippen molar-refractivity contribution in [3.05, 3.63) is 94.8 Å². The van der Waals surface area contributed by atoms with Gasteiger partial charge in [-0.25, -0.2) is 14.2 Å². The summed E-state index contributed by atoms with van der Waals surface area (Å²) >= 11 is 0. The molecular formula is C28H22FN3O5. The van der Waals surface area contributed by atoms with E-state index in [-0.39, 0.29) is 13.4 Å². The van der Waals surface area contributed by atoms with E-state index in [1.807, 2.05) is 18.2 Å². The van der Waals surface area contributed by atoms with Crippen molar-refractivity contribution >= 4 is 17.7 Å². The zero-order valence-corrected chi connectivity index (χ0v) is 19.6. The maximum Gasteiger partial charge on any atom is 0.341 e. The Morgan fingerprint density at radius 2 is 1.89 bits per heavy atom. The third-order valence-corrected chi connectivity index (χ3v) is 6.22. The molecule has 0 saturated carbocycles. The monoisotopic (exact) mass is 499 g/mol. The van der Waals surface area contributed by atoms with Crippen molar-refractivity contribution < 1.29 is 28.2 Å². The highest BCUT2D eigenvalue weighted by molar-refractivity contribution is 6.09. The Hall–Kier alpha value is -4.71. The lowest BCUT2D eigenvalue weighted by atomic mass is 9.85. The molecule has 8 nitrogen and oxygen atoms in total. The van der Waals surface area contributed by atoms with Crippen molar-refractivity contribution in [2.24, 2.45) is 10.9 Å². The fourth-order valence-electron chi connectivity index (χ4n) is 4.44. The van der Waals surface area contributed by atoms with E-state index < -0.39 is 29.8 Å². The normalized spacial score (nSPS) is 17.9. The van der Waals surface area contributed by atoms with Gasteiger partial charge >= 0.3 is 12.0 Å². The SMILES string of the molecule is N#Cc1cccc(COC(=O)C2C(CCc3ccc4c(c3)OCO4)=NC(=O)NC2c2cccc(F)c2)c1. The Morgan fingerprint density at radius 1 is 1.05 bits per heavy atom. The third kappa shape index (κ3) is 5.43. The number of nitrogens with zero attached hydrogens (tertiary/aromatic N) is 2. The van der Waals surface area contributed by atoms with Gasteiger partial charge in [-0.1, -0.05) is 30.3 Å². The predicted octanol–water partition coefficient (Wildman–Crippen LogP) is 4.62. The highest BCUT2D eigenvalue weighted by Crippen LogP contribution is 2.34. The molecule has 2 amide bonds. The second kappa shape index (κ2) is 10.5. The molecule has 37 heavy (non-hydrogen) atoms. The van der Waals surface area contributed by atoms with Gasteiger partial charge in [-0.05, 0) is 65.9 Å². The van der Waals surface area contributed by atoms with Crippen LogP contribution in [0, 0.1) is 23.1 Å². The van der Waals surface area contributed by atoms with Gasteiger partial charge in [0.15, 0.2) is 11.5 Å². The molecule has 0 saturated heterocycles. The standard InChI is InChI=1S/C28H22FN3O5/c29-21-6-2-5-20(13-21)26-25(27(33)35-15-19-4-1-3-18(11-19)14-30)22(31-28(34)32-26)9-7-17-8-10-23-24(12-17)37-16-36-23/h1-6,8,10-13,25-26H,7,9,15-16H2,(H,32,34). The largest absolute Gasteiger partial charge is 0.460 e. The van der Waals surface area contributed by atoms with Crippen molar-refractivity contribution in [2.75, 3.05) is 6.79 Å². The van der Waals surface area contributed by atoms with Crippen LogP contribution in [0.5, 0.6) is 11.5 Å². The number of fused-ring (bicyclic) bond motifs is 1. The van der Waals surface area contributed by atoms with Crippen molar-refractivity contribution in [1.29, 1.82) is 5.26 Å². The van der Waals surface area contributed by atoms with Gasteiger partial charge in [-0.3, -0.25) is 4.79 Å². The number of ether oxygens (including phenoxy) is 3. The number of aryl methyl sites for hydroxylation is 1. The highest BCUT2D eigenvalue weighted by atomic mass is 19.1. The first-order valence-corrected chi connectivity index (χ1v) is 11.7. The lowest BCUT2D eigenvalue weighted by Crippen LogP contribution is -2.45. The van der Waals surface area contributed by atoms with E-state index in [1.54, 1.807) is 30.3 Å². The maximum absolute atomic E-state index is 14.1. The fraction of sp³-hybridized carbons (Fsp3) is 0.214. The molecule has 3 aromatic rings. The van der Waals surface area contributed by atoms with Gasteiger partial charge in [0.1, 0.15) is 18.3 Å². The molecular weight excluding hydrogens is 477 g/mol. The van der Waals surface area contributed by atoms with Crippen LogP contribution < -0.4 is 14.8 Å². The number of amides is 2. The van der Waals surface area contributed by atoms with Crippen LogP contribution in [0.4, 0.5) is 9.18 Å². The second-order valence-corrected chi connectivity index (χ2v) is 8.67. The number of carbonyl (C=O) groups is 2.